The van der Waals surface area contributed by atoms with Crippen LogP contribution in [0.4, 0.5) is 11.4 Å². The molecule has 1 fully saturated rings. The Labute approximate surface area is 124 Å². The van der Waals surface area contributed by atoms with Crippen LogP contribution >= 0.6 is 0 Å². The van der Waals surface area contributed by atoms with Crippen molar-refractivity contribution in [2.75, 3.05) is 24.3 Å². The topological polar surface area (TPSA) is 15.3 Å². The molecule has 1 saturated carbocycles. The Kier molecular flexibility index (Phi) is 5.75. The molecule has 20 heavy (non-hydrogen) atoms. The summed E-state index contributed by atoms with van der Waals surface area (Å²) in [5.74, 6) is 0.968. The molecule has 2 rings (SSSR count). The third-order valence-corrected chi connectivity index (χ3v) is 4.53. The van der Waals surface area contributed by atoms with Gasteiger partial charge in [-0.2, -0.15) is 0 Å². The van der Waals surface area contributed by atoms with Gasteiger partial charge in [0.2, 0.25) is 0 Å². The van der Waals surface area contributed by atoms with Gasteiger partial charge >= 0.3 is 0 Å². The molecule has 0 heterocycles. The summed E-state index contributed by atoms with van der Waals surface area (Å²) < 4.78 is 0. The molecular formula is C18H30N2. The molecular weight excluding hydrogens is 244 g/mol. The third kappa shape index (κ3) is 4.16. The van der Waals surface area contributed by atoms with Crippen LogP contribution in [0.2, 0.25) is 0 Å². The molecule has 1 aliphatic carbocycles. The molecule has 1 aromatic carbocycles. The predicted octanol–water partition coefficient (Wildman–Crippen LogP) is 4.91. The Balaban J connectivity index is 1.96. The summed E-state index contributed by atoms with van der Waals surface area (Å²) >= 11 is 0. The van der Waals surface area contributed by atoms with Gasteiger partial charge in [0.1, 0.15) is 0 Å². The van der Waals surface area contributed by atoms with Crippen molar-refractivity contribution < 1.29 is 0 Å². The molecule has 0 bridgehead atoms. The molecule has 1 N–H and O–H groups in total. The Morgan fingerprint density at radius 1 is 1.10 bits per heavy atom. The number of hydrogen-bond donors (Lipinski definition) is 1. The lowest BCUT2D eigenvalue weighted by Gasteiger charge is -2.23. The summed E-state index contributed by atoms with van der Waals surface area (Å²) in [6, 6.07) is 9.30. The fourth-order valence-corrected chi connectivity index (χ4v) is 3.43. The van der Waals surface area contributed by atoms with Crippen molar-refractivity contribution in [1.82, 2.24) is 0 Å². The van der Waals surface area contributed by atoms with Crippen LogP contribution < -0.4 is 10.2 Å². The molecule has 0 aliphatic heterocycles. The lowest BCUT2D eigenvalue weighted by Crippen LogP contribution is -2.21. The first-order valence-corrected chi connectivity index (χ1v) is 8.23. The van der Waals surface area contributed by atoms with E-state index in [4.69, 9.17) is 0 Å². The van der Waals surface area contributed by atoms with Gasteiger partial charge in [-0.25, -0.2) is 0 Å². The lowest BCUT2D eigenvalue weighted by atomic mass is 9.95. The third-order valence-electron chi connectivity index (χ3n) is 4.53. The van der Waals surface area contributed by atoms with Gasteiger partial charge < -0.3 is 10.2 Å². The first-order valence-electron chi connectivity index (χ1n) is 8.23. The smallest absolute Gasteiger partial charge is 0.0596 e. The largest absolute Gasteiger partial charge is 0.381 e. The average molecular weight is 274 g/mol. The Hall–Kier alpha value is -1.18. The van der Waals surface area contributed by atoms with Crippen LogP contribution in [0.1, 0.15) is 51.9 Å². The normalized spacial score (nSPS) is 23.1. The Morgan fingerprint density at radius 3 is 2.65 bits per heavy atom. The van der Waals surface area contributed by atoms with Crippen LogP contribution in [-0.4, -0.2) is 20.1 Å². The second kappa shape index (κ2) is 7.56. The monoisotopic (exact) mass is 274 g/mol. The van der Waals surface area contributed by atoms with E-state index in [0.29, 0.717) is 6.04 Å². The van der Waals surface area contributed by atoms with E-state index in [-0.39, 0.29) is 0 Å². The van der Waals surface area contributed by atoms with Crippen molar-refractivity contribution in [3.05, 3.63) is 24.3 Å². The van der Waals surface area contributed by atoms with E-state index < -0.39 is 0 Å². The van der Waals surface area contributed by atoms with E-state index in [1.54, 1.807) is 0 Å². The van der Waals surface area contributed by atoms with Gasteiger partial charge in [0, 0.05) is 20.1 Å². The van der Waals surface area contributed by atoms with Crippen LogP contribution in [0, 0.1) is 5.92 Å². The quantitative estimate of drug-likeness (QED) is 0.767. The van der Waals surface area contributed by atoms with Crippen molar-refractivity contribution in [2.45, 2.75) is 57.9 Å². The van der Waals surface area contributed by atoms with E-state index in [1.807, 2.05) is 0 Å². The predicted molar refractivity (Wildman–Crippen MR) is 89.7 cm³/mol. The van der Waals surface area contributed by atoms with Gasteiger partial charge in [-0.1, -0.05) is 44.7 Å². The van der Waals surface area contributed by atoms with Crippen LogP contribution in [0.25, 0.3) is 0 Å². The molecule has 0 saturated heterocycles. The first-order chi connectivity index (χ1) is 9.70. The van der Waals surface area contributed by atoms with E-state index in [9.17, 15) is 0 Å². The molecule has 2 atom stereocenters. The molecule has 0 aromatic heterocycles. The zero-order valence-corrected chi connectivity index (χ0v) is 13.4. The summed E-state index contributed by atoms with van der Waals surface area (Å²) in [4.78, 5) is 2.19. The maximum Gasteiger partial charge on any atom is 0.0596 e. The zero-order chi connectivity index (χ0) is 14.4. The van der Waals surface area contributed by atoms with Crippen LogP contribution in [0.15, 0.2) is 24.3 Å². The minimum atomic E-state index is 0.651. The minimum Gasteiger partial charge on any atom is -0.381 e. The average Bonchev–Trinajstić information content (AvgIpc) is 2.65. The highest BCUT2D eigenvalue weighted by Crippen LogP contribution is 2.30. The van der Waals surface area contributed by atoms with Gasteiger partial charge in [0.05, 0.1) is 11.4 Å². The first kappa shape index (κ1) is 15.2. The van der Waals surface area contributed by atoms with E-state index in [0.717, 1.165) is 5.92 Å². The van der Waals surface area contributed by atoms with Crippen molar-refractivity contribution >= 4 is 11.4 Å². The van der Waals surface area contributed by atoms with Crippen LogP contribution in [0.3, 0.4) is 0 Å². The highest BCUT2D eigenvalue weighted by molar-refractivity contribution is 5.69. The minimum absolute atomic E-state index is 0.651. The summed E-state index contributed by atoms with van der Waals surface area (Å²) in [7, 11) is 4.23. The number of anilines is 2. The molecule has 0 spiro atoms. The second-order valence-electron chi connectivity index (χ2n) is 6.42. The number of nitrogens with one attached hydrogen (secondary N) is 1. The number of benzene rings is 1. The molecule has 2 nitrogen and oxygen atoms in total. The van der Waals surface area contributed by atoms with E-state index in [2.05, 4.69) is 55.5 Å². The van der Waals surface area contributed by atoms with Crippen molar-refractivity contribution in [3.63, 3.8) is 0 Å². The molecule has 0 amide bonds. The number of nitrogens with zero attached hydrogens (tertiary/aromatic N) is 1. The maximum absolute atomic E-state index is 3.79. The van der Waals surface area contributed by atoms with E-state index >= 15 is 0 Å². The fraction of sp³-hybridized carbons (Fsp3) is 0.667. The van der Waals surface area contributed by atoms with Crippen molar-refractivity contribution in [1.29, 1.82) is 0 Å². The molecule has 2 unspecified atom stereocenters. The number of rotatable bonds is 5. The SMILES string of the molecule is CCCC1CCCC(Nc2ccccc2N(C)C)CC1. The Morgan fingerprint density at radius 2 is 1.90 bits per heavy atom. The summed E-state index contributed by atoms with van der Waals surface area (Å²) in [5, 5.41) is 3.79. The Bertz CT molecular complexity index is 400. The van der Waals surface area contributed by atoms with Gasteiger partial charge in [0.15, 0.2) is 0 Å². The van der Waals surface area contributed by atoms with Gasteiger partial charge in [-0.15, -0.1) is 0 Å². The number of hydrogen-bond acceptors (Lipinski definition) is 2. The second-order valence-corrected chi connectivity index (χ2v) is 6.42. The van der Waals surface area contributed by atoms with Crippen molar-refractivity contribution in [3.8, 4) is 0 Å². The molecule has 1 aromatic rings. The highest BCUT2D eigenvalue weighted by Gasteiger charge is 2.19. The molecule has 0 radical (unpaired) electrons. The van der Waals surface area contributed by atoms with Crippen molar-refractivity contribution in [2.24, 2.45) is 5.92 Å². The van der Waals surface area contributed by atoms with E-state index in [1.165, 1.54) is 56.3 Å². The standard InChI is InChI=1S/C18H30N2/c1-4-8-15-9-7-10-16(14-13-15)19-17-11-5-6-12-18(17)20(2)3/h5-6,11-12,15-16,19H,4,7-10,13-14H2,1-3H3. The molecule has 1 aliphatic rings. The van der Waals surface area contributed by atoms with Crippen LogP contribution in [-0.2, 0) is 0 Å². The van der Waals surface area contributed by atoms with Gasteiger partial charge in [-0.05, 0) is 37.3 Å². The van der Waals surface area contributed by atoms with Crippen LogP contribution in [0.5, 0.6) is 0 Å². The molecule has 112 valence electrons. The summed E-state index contributed by atoms with van der Waals surface area (Å²) in [6.45, 7) is 2.31. The fourth-order valence-electron chi connectivity index (χ4n) is 3.43. The van der Waals surface area contributed by atoms with Gasteiger partial charge in [-0.3, -0.25) is 0 Å². The number of para-hydroxylation sites is 2. The van der Waals surface area contributed by atoms with Gasteiger partial charge in [0.25, 0.3) is 0 Å². The maximum atomic E-state index is 3.79. The molecule has 2 heteroatoms. The highest BCUT2D eigenvalue weighted by atomic mass is 15.1. The zero-order valence-electron chi connectivity index (χ0n) is 13.4. The summed E-state index contributed by atoms with van der Waals surface area (Å²) in [6.07, 6.45) is 9.62. The lowest BCUT2D eigenvalue weighted by molar-refractivity contribution is 0.422. The summed E-state index contributed by atoms with van der Waals surface area (Å²) in [5.41, 5.74) is 2.58.